The molecule has 25 heavy (non-hydrogen) atoms. The minimum absolute atomic E-state index is 0.0663. The zero-order chi connectivity index (χ0) is 17.6. The highest BCUT2D eigenvalue weighted by atomic mass is 35.5. The quantitative estimate of drug-likeness (QED) is 0.644. The third-order valence-corrected chi connectivity index (χ3v) is 4.87. The topological polar surface area (TPSA) is 63.1 Å². The van der Waals surface area contributed by atoms with E-state index in [2.05, 4.69) is 15.5 Å². The summed E-state index contributed by atoms with van der Waals surface area (Å²) in [7, 11) is 1.62. The van der Waals surface area contributed by atoms with E-state index in [1.165, 1.54) is 11.8 Å². The van der Waals surface area contributed by atoms with Crippen LogP contribution in [0.2, 0.25) is 5.02 Å². The largest absolute Gasteiger partial charge is 0.497 e. The van der Waals surface area contributed by atoms with E-state index in [0.717, 1.165) is 16.9 Å². The molecule has 1 aliphatic heterocycles. The Hall–Kier alpha value is -2.31. The van der Waals surface area contributed by atoms with E-state index in [1.807, 2.05) is 48.5 Å². The molecule has 2 aromatic rings. The van der Waals surface area contributed by atoms with Gasteiger partial charge in [0.25, 0.3) is 0 Å². The maximum absolute atomic E-state index is 12.1. The molecule has 3 rings (SSSR count). The number of amides is 1. The highest BCUT2D eigenvalue weighted by Crippen LogP contribution is 2.24. The first-order chi connectivity index (χ1) is 12.1. The number of amidine groups is 1. The van der Waals surface area contributed by atoms with Gasteiger partial charge in [-0.15, -0.1) is 5.10 Å². The molecule has 1 amide bonds. The molecule has 1 fully saturated rings. The van der Waals surface area contributed by atoms with E-state index < -0.39 is 0 Å². The van der Waals surface area contributed by atoms with Gasteiger partial charge in [0.1, 0.15) is 5.75 Å². The molecule has 5 nitrogen and oxygen atoms in total. The number of nitrogens with zero attached hydrogens (tertiary/aromatic N) is 2. The van der Waals surface area contributed by atoms with Gasteiger partial charge in [-0.3, -0.25) is 4.79 Å². The van der Waals surface area contributed by atoms with Gasteiger partial charge in [-0.2, -0.15) is 5.10 Å². The second kappa shape index (κ2) is 8.18. The van der Waals surface area contributed by atoms with Gasteiger partial charge in [-0.05, 0) is 53.9 Å². The number of carbonyl (C=O) groups excluding carboxylic acids is 1. The number of halogens is 1. The summed E-state index contributed by atoms with van der Waals surface area (Å²) >= 11 is 7.36. The predicted molar refractivity (Wildman–Crippen MR) is 103 cm³/mol. The summed E-state index contributed by atoms with van der Waals surface area (Å²) in [5.74, 6) is 0.717. The number of hydrogen-bond donors (Lipinski definition) is 1. The second-order valence-corrected chi connectivity index (χ2v) is 6.98. The summed E-state index contributed by atoms with van der Waals surface area (Å²) < 4.78 is 5.10. The molecule has 0 saturated carbocycles. The maximum Gasteiger partial charge on any atom is 0.239 e. The molecule has 1 heterocycles. The van der Waals surface area contributed by atoms with E-state index in [1.54, 1.807) is 13.3 Å². The summed E-state index contributed by atoms with van der Waals surface area (Å²) in [4.78, 5) is 12.1. The van der Waals surface area contributed by atoms with Crippen molar-refractivity contribution < 1.29 is 9.53 Å². The summed E-state index contributed by atoms with van der Waals surface area (Å²) in [6, 6.07) is 15.0. The van der Waals surface area contributed by atoms with E-state index in [9.17, 15) is 4.79 Å². The molecular formula is C18H16ClN3O2S. The van der Waals surface area contributed by atoms with Gasteiger partial charge in [-0.25, -0.2) is 0 Å². The fourth-order valence-electron chi connectivity index (χ4n) is 2.30. The molecule has 0 bridgehead atoms. The van der Waals surface area contributed by atoms with Gasteiger partial charge in [0.15, 0.2) is 5.17 Å². The monoisotopic (exact) mass is 373 g/mol. The van der Waals surface area contributed by atoms with Crippen LogP contribution < -0.4 is 10.1 Å². The second-order valence-electron chi connectivity index (χ2n) is 5.35. The average Bonchev–Trinajstić information content (AvgIpc) is 2.95. The van der Waals surface area contributed by atoms with Crippen LogP contribution in [-0.2, 0) is 11.2 Å². The van der Waals surface area contributed by atoms with E-state index in [4.69, 9.17) is 16.3 Å². The number of hydrogen-bond acceptors (Lipinski definition) is 5. The van der Waals surface area contributed by atoms with Crippen molar-refractivity contribution >= 4 is 40.7 Å². The molecule has 0 radical (unpaired) electrons. The van der Waals surface area contributed by atoms with Crippen LogP contribution in [0.3, 0.4) is 0 Å². The van der Waals surface area contributed by atoms with Crippen molar-refractivity contribution in [3.63, 3.8) is 0 Å². The molecule has 1 N–H and O–H groups in total. The van der Waals surface area contributed by atoms with E-state index in [-0.39, 0.29) is 11.2 Å². The van der Waals surface area contributed by atoms with Crippen LogP contribution >= 0.6 is 23.4 Å². The Morgan fingerprint density at radius 2 is 2.08 bits per heavy atom. The highest BCUT2D eigenvalue weighted by molar-refractivity contribution is 8.15. The van der Waals surface area contributed by atoms with Gasteiger partial charge < -0.3 is 10.1 Å². The number of rotatable bonds is 5. The van der Waals surface area contributed by atoms with Crippen molar-refractivity contribution in [1.82, 2.24) is 5.32 Å². The Labute approximate surface area is 155 Å². The van der Waals surface area contributed by atoms with E-state index in [0.29, 0.717) is 16.6 Å². The maximum atomic E-state index is 12.1. The van der Waals surface area contributed by atoms with Crippen LogP contribution in [0, 0.1) is 0 Å². The van der Waals surface area contributed by atoms with Crippen molar-refractivity contribution in [2.75, 3.05) is 7.11 Å². The number of carbonyl (C=O) groups is 1. The summed E-state index contributed by atoms with van der Waals surface area (Å²) in [5, 5.41) is 11.8. The molecule has 7 heteroatoms. The first-order valence-corrected chi connectivity index (χ1v) is 8.87. The zero-order valence-corrected chi connectivity index (χ0v) is 15.1. The highest BCUT2D eigenvalue weighted by Gasteiger charge is 2.30. The lowest BCUT2D eigenvalue weighted by Crippen LogP contribution is -2.25. The van der Waals surface area contributed by atoms with Gasteiger partial charge in [0.2, 0.25) is 5.91 Å². The predicted octanol–water partition coefficient (Wildman–Crippen LogP) is 3.51. The molecule has 0 unspecified atom stereocenters. The molecule has 0 spiro atoms. The van der Waals surface area contributed by atoms with Gasteiger partial charge in [0, 0.05) is 5.02 Å². The third kappa shape index (κ3) is 4.84. The van der Waals surface area contributed by atoms with Crippen LogP contribution in [0.15, 0.2) is 58.7 Å². The Morgan fingerprint density at radius 3 is 2.80 bits per heavy atom. The Morgan fingerprint density at radius 1 is 1.28 bits per heavy atom. The zero-order valence-electron chi connectivity index (χ0n) is 13.5. The van der Waals surface area contributed by atoms with Crippen molar-refractivity contribution in [3.05, 3.63) is 64.7 Å². The van der Waals surface area contributed by atoms with Gasteiger partial charge in [-0.1, -0.05) is 35.5 Å². The van der Waals surface area contributed by atoms with Crippen LogP contribution in [0.4, 0.5) is 0 Å². The Bertz CT molecular complexity index is 821. The van der Waals surface area contributed by atoms with Crippen molar-refractivity contribution in [3.8, 4) is 5.75 Å². The van der Waals surface area contributed by atoms with Crippen LogP contribution in [0.1, 0.15) is 11.1 Å². The number of ether oxygens (including phenoxy) is 1. The molecule has 1 atom stereocenters. The minimum Gasteiger partial charge on any atom is -0.497 e. The Kier molecular flexibility index (Phi) is 5.73. The van der Waals surface area contributed by atoms with Gasteiger partial charge >= 0.3 is 0 Å². The lowest BCUT2D eigenvalue weighted by molar-refractivity contribution is -0.118. The standard InChI is InChI=1S/C18H16ClN3O2S/c1-24-15-7-5-12(6-8-15)11-20-22-18-21-17(23)16(25-18)10-13-3-2-4-14(19)9-13/h2-9,11,16H,10H2,1H3,(H,21,22,23)/b20-11-/t16-/m1/s1. The molecule has 2 aromatic carbocycles. The summed E-state index contributed by atoms with van der Waals surface area (Å²) in [6.07, 6.45) is 2.22. The fraction of sp³-hybridized carbons (Fsp3) is 0.167. The van der Waals surface area contributed by atoms with Crippen molar-refractivity contribution in [2.45, 2.75) is 11.7 Å². The molecule has 0 aliphatic carbocycles. The first-order valence-electron chi connectivity index (χ1n) is 7.61. The SMILES string of the molecule is COc1ccc(/C=N\N=C2/NC(=O)[C@@H](Cc3cccc(Cl)c3)S2)cc1. The smallest absolute Gasteiger partial charge is 0.239 e. The molecule has 0 aromatic heterocycles. The summed E-state index contributed by atoms with van der Waals surface area (Å²) in [6.45, 7) is 0. The third-order valence-electron chi connectivity index (χ3n) is 3.56. The van der Waals surface area contributed by atoms with Crippen molar-refractivity contribution in [1.29, 1.82) is 0 Å². The van der Waals surface area contributed by atoms with Crippen LogP contribution in [-0.4, -0.2) is 29.6 Å². The average molecular weight is 374 g/mol. The number of nitrogens with one attached hydrogen (secondary N) is 1. The van der Waals surface area contributed by atoms with Crippen molar-refractivity contribution in [2.24, 2.45) is 10.2 Å². The molecule has 1 saturated heterocycles. The lowest BCUT2D eigenvalue weighted by Gasteiger charge is -2.05. The van der Waals surface area contributed by atoms with E-state index >= 15 is 0 Å². The minimum atomic E-state index is -0.228. The molecular weight excluding hydrogens is 358 g/mol. The van der Waals surface area contributed by atoms with Crippen LogP contribution in [0.5, 0.6) is 5.75 Å². The normalized spacial score (nSPS) is 18.7. The van der Waals surface area contributed by atoms with Crippen LogP contribution in [0.25, 0.3) is 0 Å². The fourth-order valence-corrected chi connectivity index (χ4v) is 3.48. The summed E-state index contributed by atoms with van der Waals surface area (Å²) in [5.41, 5.74) is 1.91. The number of benzene rings is 2. The lowest BCUT2D eigenvalue weighted by atomic mass is 10.1. The van der Waals surface area contributed by atoms with Gasteiger partial charge in [0.05, 0.1) is 18.6 Å². The first kappa shape index (κ1) is 17.5. The molecule has 128 valence electrons. The Balaban J connectivity index is 1.61. The number of thioether (sulfide) groups is 1. The number of methoxy groups -OCH3 is 1. The molecule has 1 aliphatic rings.